The Morgan fingerprint density at radius 2 is 1.82 bits per heavy atom. The number of hydrogen-bond acceptors (Lipinski definition) is 3. The van der Waals surface area contributed by atoms with Crippen LogP contribution in [-0.4, -0.2) is 59.9 Å². The summed E-state index contributed by atoms with van der Waals surface area (Å²) in [5.74, 6) is -2.89. The Kier molecular flexibility index (Phi) is 5.62. The first kappa shape index (κ1) is 20.2. The highest BCUT2D eigenvalue weighted by atomic mass is 19.4. The number of amides is 3. The fourth-order valence-electron chi connectivity index (χ4n) is 3.82. The average molecular weight is 397 g/mol. The minimum atomic E-state index is -4.90. The molecule has 1 aromatic rings. The van der Waals surface area contributed by atoms with Crippen LogP contribution in [0.4, 0.5) is 13.2 Å². The third-order valence-corrected chi connectivity index (χ3v) is 5.23. The summed E-state index contributed by atoms with van der Waals surface area (Å²) in [6, 6.07) is 6.59. The van der Waals surface area contributed by atoms with Crippen molar-refractivity contribution in [1.82, 2.24) is 15.1 Å². The van der Waals surface area contributed by atoms with Gasteiger partial charge in [-0.2, -0.15) is 13.2 Å². The van der Waals surface area contributed by atoms with E-state index in [1.165, 1.54) is 4.90 Å². The van der Waals surface area contributed by atoms with E-state index >= 15 is 0 Å². The number of piperazine rings is 1. The smallest absolute Gasteiger partial charge is 0.352 e. The number of hydrogen-bond donors (Lipinski definition) is 1. The lowest BCUT2D eigenvalue weighted by molar-refractivity contribution is -0.187. The van der Waals surface area contributed by atoms with E-state index in [2.05, 4.69) is 5.32 Å². The maximum absolute atomic E-state index is 13.1. The summed E-state index contributed by atoms with van der Waals surface area (Å²) >= 11 is 0. The minimum Gasteiger partial charge on any atom is -0.352 e. The van der Waals surface area contributed by atoms with Crippen LogP contribution in [0.25, 0.3) is 0 Å². The van der Waals surface area contributed by atoms with Gasteiger partial charge in [0.1, 0.15) is 6.04 Å². The molecule has 3 rings (SSSR count). The van der Waals surface area contributed by atoms with Crippen molar-refractivity contribution in [3.05, 3.63) is 35.4 Å². The van der Waals surface area contributed by atoms with Crippen LogP contribution in [0.5, 0.6) is 0 Å². The molecule has 0 radical (unpaired) electrons. The minimum absolute atomic E-state index is 0.121. The molecule has 2 heterocycles. The number of halogens is 3. The predicted molar refractivity (Wildman–Crippen MR) is 94.0 cm³/mol. The molecular formula is C19H22F3N3O3. The first-order valence-corrected chi connectivity index (χ1v) is 9.19. The fourth-order valence-corrected chi connectivity index (χ4v) is 3.82. The van der Waals surface area contributed by atoms with Crippen molar-refractivity contribution in [1.29, 1.82) is 0 Å². The highest BCUT2D eigenvalue weighted by Gasteiger charge is 2.45. The number of nitrogens with one attached hydrogen (secondary N) is 1. The molecule has 2 fully saturated rings. The van der Waals surface area contributed by atoms with Gasteiger partial charge in [0.2, 0.25) is 11.8 Å². The number of piperidine rings is 1. The van der Waals surface area contributed by atoms with Crippen LogP contribution in [0.15, 0.2) is 24.3 Å². The van der Waals surface area contributed by atoms with Gasteiger partial charge in [0.05, 0.1) is 0 Å². The van der Waals surface area contributed by atoms with E-state index in [1.807, 2.05) is 25.1 Å². The Balaban J connectivity index is 1.72. The molecule has 0 aliphatic carbocycles. The number of carbonyl (C=O) groups excluding carboxylic acids is 3. The summed E-state index contributed by atoms with van der Waals surface area (Å²) in [7, 11) is 0. The Morgan fingerprint density at radius 1 is 1.14 bits per heavy atom. The molecule has 1 atom stereocenters. The molecule has 1 unspecified atom stereocenters. The van der Waals surface area contributed by atoms with E-state index < -0.39 is 24.0 Å². The van der Waals surface area contributed by atoms with Crippen molar-refractivity contribution < 1.29 is 27.6 Å². The van der Waals surface area contributed by atoms with Crippen molar-refractivity contribution >= 4 is 17.7 Å². The lowest BCUT2D eigenvalue weighted by Gasteiger charge is -2.39. The lowest BCUT2D eigenvalue weighted by atomic mass is 9.92. The second-order valence-electron chi connectivity index (χ2n) is 7.20. The fraction of sp³-hybridized carbons (Fsp3) is 0.526. The third-order valence-electron chi connectivity index (χ3n) is 5.23. The summed E-state index contributed by atoms with van der Waals surface area (Å²) < 4.78 is 37.8. The summed E-state index contributed by atoms with van der Waals surface area (Å²) in [6.07, 6.45) is -4.60. The molecule has 2 aliphatic rings. The van der Waals surface area contributed by atoms with Gasteiger partial charge in [0.25, 0.3) is 0 Å². The molecule has 2 aliphatic heterocycles. The second kappa shape index (κ2) is 7.81. The number of rotatable bonds is 2. The molecule has 2 saturated heterocycles. The average Bonchev–Trinajstić information content (AvgIpc) is 2.66. The Bertz CT molecular complexity index is 773. The lowest BCUT2D eigenvalue weighted by Crippen LogP contribution is -2.55. The topological polar surface area (TPSA) is 69.7 Å². The largest absolute Gasteiger partial charge is 0.471 e. The molecule has 0 spiro atoms. The van der Waals surface area contributed by atoms with Crippen LogP contribution in [-0.2, 0) is 14.4 Å². The van der Waals surface area contributed by atoms with Gasteiger partial charge in [-0.3, -0.25) is 14.4 Å². The summed E-state index contributed by atoms with van der Waals surface area (Å²) in [4.78, 5) is 39.2. The van der Waals surface area contributed by atoms with Gasteiger partial charge in [0.15, 0.2) is 0 Å². The van der Waals surface area contributed by atoms with Gasteiger partial charge < -0.3 is 15.1 Å². The second-order valence-corrected chi connectivity index (χ2v) is 7.20. The summed E-state index contributed by atoms with van der Waals surface area (Å²) in [5.41, 5.74) is 1.66. The summed E-state index contributed by atoms with van der Waals surface area (Å²) in [5, 5.41) is 2.77. The van der Waals surface area contributed by atoms with Crippen LogP contribution in [0.2, 0.25) is 0 Å². The molecule has 28 heavy (non-hydrogen) atoms. The number of aryl methyl sites for hydroxylation is 1. The van der Waals surface area contributed by atoms with Crippen LogP contribution in [0.1, 0.15) is 30.0 Å². The van der Waals surface area contributed by atoms with Crippen molar-refractivity contribution in [3.8, 4) is 0 Å². The van der Waals surface area contributed by atoms with Gasteiger partial charge in [-0.15, -0.1) is 0 Å². The standard InChI is InChI=1S/C19H22F3N3O3/c1-12-3-2-4-14(11-12)15-16(26)23-7-10-25(15)17(27)13-5-8-24(9-6-13)18(28)19(20,21)22/h2-4,11,13,15H,5-10H2,1H3,(H,23,26). The van der Waals surface area contributed by atoms with E-state index in [9.17, 15) is 27.6 Å². The van der Waals surface area contributed by atoms with Gasteiger partial charge >= 0.3 is 12.1 Å². The van der Waals surface area contributed by atoms with Gasteiger partial charge in [-0.05, 0) is 25.3 Å². The van der Waals surface area contributed by atoms with Crippen LogP contribution in [0.3, 0.4) is 0 Å². The monoisotopic (exact) mass is 397 g/mol. The van der Waals surface area contributed by atoms with Gasteiger partial charge in [-0.25, -0.2) is 0 Å². The van der Waals surface area contributed by atoms with E-state index in [-0.39, 0.29) is 37.7 Å². The molecule has 0 aromatic heterocycles. The van der Waals surface area contributed by atoms with Gasteiger partial charge in [0, 0.05) is 32.1 Å². The molecule has 0 bridgehead atoms. The van der Waals surface area contributed by atoms with Crippen molar-refractivity contribution in [3.63, 3.8) is 0 Å². The van der Waals surface area contributed by atoms with Crippen molar-refractivity contribution in [2.24, 2.45) is 5.92 Å². The van der Waals surface area contributed by atoms with Crippen molar-refractivity contribution in [2.45, 2.75) is 32.0 Å². The van der Waals surface area contributed by atoms with Crippen molar-refractivity contribution in [2.75, 3.05) is 26.2 Å². The Hall–Kier alpha value is -2.58. The van der Waals surface area contributed by atoms with Crippen LogP contribution >= 0.6 is 0 Å². The maximum Gasteiger partial charge on any atom is 0.471 e. The zero-order chi connectivity index (χ0) is 20.5. The first-order valence-electron chi connectivity index (χ1n) is 9.19. The molecule has 6 nitrogen and oxygen atoms in total. The SMILES string of the molecule is Cc1cccc(C2C(=O)NCCN2C(=O)C2CCN(C(=O)C(F)(F)F)CC2)c1. The number of likely N-dealkylation sites (tertiary alicyclic amines) is 1. The van der Waals surface area contributed by atoms with Crippen LogP contribution in [0, 0.1) is 12.8 Å². The quantitative estimate of drug-likeness (QED) is 0.827. The van der Waals surface area contributed by atoms with Gasteiger partial charge in [-0.1, -0.05) is 29.8 Å². The molecular weight excluding hydrogens is 375 g/mol. The number of carbonyl (C=O) groups is 3. The van der Waals surface area contributed by atoms with E-state index in [0.717, 1.165) is 10.5 Å². The molecule has 1 aromatic carbocycles. The van der Waals surface area contributed by atoms with E-state index in [4.69, 9.17) is 0 Å². The molecule has 3 amide bonds. The third kappa shape index (κ3) is 4.13. The predicted octanol–water partition coefficient (Wildman–Crippen LogP) is 1.80. The first-order chi connectivity index (χ1) is 13.2. The maximum atomic E-state index is 13.1. The highest BCUT2D eigenvalue weighted by Crippen LogP contribution is 2.30. The molecule has 0 saturated carbocycles. The molecule has 1 N–H and O–H groups in total. The van der Waals surface area contributed by atoms with E-state index in [0.29, 0.717) is 18.7 Å². The summed E-state index contributed by atoms with van der Waals surface area (Å²) in [6.45, 7) is 2.32. The van der Waals surface area contributed by atoms with E-state index in [1.54, 1.807) is 6.07 Å². The zero-order valence-electron chi connectivity index (χ0n) is 15.5. The van der Waals surface area contributed by atoms with Crippen LogP contribution < -0.4 is 5.32 Å². The highest BCUT2D eigenvalue weighted by molar-refractivity contribution is 5.91. The Labute approximate surface area is 160 Å². The Morgan fingerprint density at radius 3 is 2.43 bits per heavy atom. The molecule has 9 heteroatoms. The number of alkyl halides is 3. The zero-order valence-corrected chi connectivity index (χ0v) is 15.5. The number of benzene rings is 1. The normalized spacial score (nSPS) is 21.4. The molecule has 152 valence electrons. The number of nitrogens with zero attached hydrogens (tertiary/aromatic N) is 2.